The van der Waals surface area contributed by atoms with Crippen LogP contribution in [0.1, 0.15) is 35.4 Å². The van der Waals surface area contributed by atoms with Gasteiger partial charge < -0.3 is 19.6 Å². The van der Waals surface area contributed by atoms with Gasteiger partial charge in [-0.2, -0.15) is 0 Å². The van der Waals surface area contributed by atoms with Crippen LogP contribution in [0.5, 0.6) is 0 Å². The van der Waals surface area contributed by atoms with Gasteiger partial charge in [-0.25, -0.2) is 4.39 Å². The number of benzene rings is 2. The van der Waals surface area contributed by atoms with Gasteiger partial charge in [0.25, 0.3) is 0 Å². The van der Waals surface area contributed by atoms with Gasteiger partial charge in [-0.1, -0.05) is 30.0 Å². The van der Waals surface area contributed by atoms with Crippen molar-refractivity contribution in [3.63, 3.8) is 0 Å². The minimum Gasteiger partial charge on any atom is -0.394 e. The Bertz CT molecular complexity index is 1130. The van der Waals surface area contributed by atoms with Crippen molar-refractivity contribution in [2.75, 3.05) is 32.9 Å². The van der Waals surface area contributed by atoms with E-state index in [2.05, 4.69) is 11.8 Å². The highest BCUT2D eigenvalue weighted by atomic mass is 19.1. The van der Waals surface area contributed by atoms with Gasteiger partial charge in [0.1, 0.15) is 5.82 Å². The number of amides is 2. The summed E-state index contributed by atoms with van der Waals surface area (Å²) >= 11 is 0. The first-order valence-corrected chi connectivity index (χ1v) is 11.7. The van der Waals surface area contributed by atoms with Crippen molar-refractivity contribution in [1.29, 1.82) is 0 Å². The summed E-state index contributed by atoms with van der Waals surface area (Å²) in [5.41, 5.74) is 2.40. The van der Waals surface area contributed by atoms with Crippen LogP contribution in [-0.4, -0.2) is 71.7 Å². The lowest BCUT2D eigenvalue weighted by Crippen LogP contribution is -2.73. The van der Waals surface area contributed by atoms with Crippen molar-refractivity contribution in [2.24, 2.45) is 5.92 Å². The lowest BCUT2D eigenvalue weighted by Gasteiger charge is -2.59. The zero-order valence-corrected chi connectivity index (χ0v) is 18.8. The molecule has 3 heterocycles. The first-order valence-electron chi connectivity index (χ1n) is 11.7. The van der Waals surface area contributed by atoms with E-state index in [1.54, 1.807) is 21.9 Å². The molecule has 3 aliphatic rings. The fraction of sp³-hybridized carbons (Fsp3) is 0.407. The lowest BCUT2D eigenvalue weighted by molar-refractivity contribution is -0.169. The third kappa shape index (κ3) is 4.31. The number of aliphatic hydroxyl groups excluding tert-OH is 1. The number of fused-ring (bicyclic) bond motifs is 1. The molecule has 3 saturated heterocycles. The third-order valence-electron chi connectivity index (χ3n) is 7.11. The molecule has 1 N–H and O–H groups in total. The number of halogens is 1. The summed E-state index contributed by atoms with van der Waals surface area (Å²) < 4.78 is 18.7. The van der Waals surface area contributed by atoms with Gasteiger partial charge in [0, 0.05) is 42.7 Å². The molecule has 2 aromatic rings. The first kappa shape index (κ1) is 22.6. The normalized spacial score (nSPS) is 24.6. The van der Waals surface area contributed by atoms with E-state index in [0.29, 0.717) is 38.2 Å². The number of hydrogen-bond acceptors (Lipinski definition) is 4. The zero-order valence-electron chi connectivity index (χ0n) is 18.8. The second-order valence-corrected chi connectivity index (χ2v) is 9.13. The highest BCUT2D eigenvalue weighted by Gasteiger charge is 2.54. The molecule has 3 fully saturated rings. The van der Waals surface area contributed by atoms with Crippen LogP contribution in [-0.2, 0) is 14.3 Å². The fourth-order valence-electron chi connectivity index (χ4n) is 5.37. The number of hydrogen-bond donors (Lipinski definition) is 1. The summed E-state index contributed by atoms with van der Waals surface area (Å²) in [7, 11) is 0. The maximum absolute atomic E-state index is 13.4. The van der Waals surface area contributed by atoms with Crippen molar-refractivity contribution in [1.82, 2.24) is 9.80 Å². The van der Waals surface area contributed by atoms with E-state index < -0.39 is 0 Å². The van der Waals surface area contributed by atoms with Crippen LogP contribution in [0.4, 0.5) is 4.39 Å². The number of nitrogens with zero attached hydrogens (tertiary/aromatic N) is 2. The van der Waals surface area contributed by atoms with E-state index in [-0.39, 0.29) is 54.7 Å². The first-order chi connectivity index (χ1) is 16.5. The third-order valence-corrected chi connectivity index (χ3v) is 7.11. The predicted molar refractivity (Wildman–Crippen MR) is 123 cm³/mol. The number of piperazine rings is 1. The van der Waals surface area contributed by atoms with E-state index >= 15 is 0 Å². The second-order valence-electron chi connectivity index (χ2n) is 9.13. The van der Waals surface area contributed by atoms with E-state index in [4.69, 9.17) is 4.74 Å². The second kappa shape index (κ2) is 9.57. The molecule has 176 valence electrons. The zero-order chi connectivity index (χ0) is 23.7. The average Bonchev–Trinajstić information content (AvgIpc) is 2.85. The molecule has 0 bridgehead atoms. The molecule has 0 spiro atoms. The van der Waals surface area contributed by atoms with E-state index in [1.807, 2.05) is 24.3 Å². The van der Waals surface area contributed by atoms with Gasteiger partial charge in [-0.15, -0.1) is 0 Å². The minimum atomic E-state index is -0.321. The summed E-state index contributed by atoms with van der Waals surface area (Å²) in [4.78, 5) is 29.3. The maximum Gasteiger partial charge on any atom is 0.242 e. The molecular formula is C27H27FN2O4. The van der Waals surface area contributed by atoms with Gasteiger partial charge >= 0.3 is 0 Å². The summed E-state index contributed by atoms with van der Waals surface area (Å²) in [6, 6.07) is 13.4. The lowest BCUT2D eigenvalue weighted by atomic mass is 9.73. The SMILES string of the molecule is O=C(C1CCOCC1)N1CC(=O)N2[C@H](C1)[C@@H](c1ccc(C#Cc3cccc(F)c3)cc1)[C@@H]2CO. The number of rotatable bonds is 3. The van der Waals surface area contributed by atoms with Crippen LogP contribution in [0.3, 0.4) is 0 Å². The summed E-state index contributed by atoms with van der Waals surface area (Å²) in [5.74, 6) is 5.47. The molecule has 0 unspecified atom stereocenters. The molecule has 0 saturated carbocycles. The smallest absolute Gasteiger partial charge is 0.242 e. The van der Waals surface area contributed by atoms with Gasteiger partial charge in [-0.3, -0.25) is 9.59 Å². The highest BCUT2D eigenvalue weighted by Crippen LogP contribution is 2.43. The molecule has 2 amide bonds. The summed E-state index contributed by atoms with van der Waals surface area (Å²) in [6.07, 6.45) is 1.39. The van der Waals surface area contributed by atoms with Crippen molar-refractivity contribution < 1.29 is 23.8 Å². The van der Waals surface area contributed by atoms with Crippen molar-refractivity contribution in [3.05, 3.63) is 71.0 Å². The standard InChI is InChI=1S/C27H27FN2O4/c28-22-3-1-2-19(14-22)5-4-18-6-8-20(9-7-18)26-23-15-29(16-25(32)30(23)24(26)17-31)27(33)21-10-12-34-13-11-21/h1-3,6-9,14,21,23-24,26,31H,10-13,15-17H2/t23-,24+,26-/m1/s1. The van der Waals surface area contributed by atoms with E-state index in [9.17, 15) is 19.1 Å². The monoisotopic (exact) mass is 462 g/mol. The average molecular weight is 463 g/mol. The Morgan fingerprint density at radius 3 is 2.53 bits per heavy atom. The van der Waals surface area contributed by atoms with Crippen LogP contribution in [0.15, 0.2) is 48.5 Å². The van der Waals surface area contributed by atoms with Gasteiger partial charge in [0.05, 0.1) is 25.2 Å². The Balaban J connectivity index is 1.32. The Hall–Kier alpha value is -3.21. The van der Waals surface area contributed by atoms with E-state index in [0.717, 1.165) is 11.1 Å². The molecule has 3 atom stereocenters. The number of carbonyl (C=O) groups is 2. The maximum atomic E-state index is 13.4. The quantitative estimate of drug-likeness (QED) is 0.710. The Labute approximate surface area is 198 Å². The van der Waals surface area contributed by atoms with Crippen LogP contribution in [0.2, 0.25) is 0 Å². The Kier molecular flexibility index (Phi) is 6.36. The number of aliphatic hydroxyl groups is 1. The Morgan fingerprint density at radius 1 is 1.09 bits per heavy atom. The minimum absolute atomic E-state index is 0.0328. The van der Waals surface area contributed by atoms with Gasteiger partial charge in [0.15, 0.2) is 0 Å². The van der Waals surface area contributed by atoms with Crippen LogP contribution in [0, 0.1) is 23.6 Å². The topological polar surface area (TPSA) is 70.1 Å². The van der Waals surface area contributed by atoms with Crippen LogP contribution in [0.25, 0.3) is 0 Å². The molecule has 3 aliphatic heterocycles. The molecule has 5 rings (SSSR count). The number of ether oxygens (including phenoxy) is 1. The highest BCUT2D eigenvalue weighted by molar-refractivity contribution is 5.88. The number of carbonyl (C=O) groups excluding carboxylic acids is 2. The molecular weight excluding hydrogens is 435 g/mol. The van der Waals surface area contributed by atoms with Gasteiger partial charge in [0.2, 0.25) is 11.8 Å². The molecule has 0 radical (unpaired) electrons. The van der Waals surface area contributed by atoms with Crippen molar-refractivity contribution in [3.8, 4) is 11.8 Å². The summed E-state index contributed by atoms with van der Waals surface area (Å²) in [6.45, 7) is 1.59. The summed E-state index contributed by atoms with van der Waals surface area (Å²) in [5, 5.41) is 10.00. The van der Waals surface area contributed by atoms with Crippen molar-refractivity contribution >= 4 is 11.8 Å². The van der Waals surface area contributed by atoms with E-state index in [1.165, 1.54) is 12.1 Å². The molecule has 7 heteroatoms. The van der Waals surface area contributed by atoms with Crippen molar-refractivity contribution in [2.45, 2.75) is 30.8 Å². The molecule has 2 aromatic carbocycles. The Morgan fingerprint density at radius 2 is 1.82 bits per heavy atom. The molecule has 0 aromatic heterocycles. The van der Waals surface area contributed by atoms with Crippen LogP contribution >= 0.6 is 0 Å². The predicted octanol–water partition coefficient (Wildman–Crippen LogP) is 2.15. The molecule has 34 heavy (non-hydrogen) atoms. The molecule has 0 aliphatic carbocycles. The fourth-order valence-corrected chi connectivity index (χ4v) is 5.37. The van der Waals surface area contributed by atoms with Gasteiger partial charge in [-0.05, 0) is 48.7 Å². The largest absolute Gasteiger partial charge is 0.394 e. The molecule has 6 nitrogen and oxygen atoms in total. The van der Waals surface area contributed by atoms with Crippen LogP contribution < -0.4 is 0 Å².